The van der Waals surface area contributed by atoms with Crippen LogP contribution in [0.15, 0.2) is 41.0 Å². The number of nitrogens with zero attached hydrogens (tertiary/aromatic N) is 2. The number of aromatic carboxylic acids is 1. The van der Waals surface area contributed by atoms with Gasteiger partial charge in [0.05, 0.1) is 16.2 Å². The van der Waals surface area contributed by atoms with Crippen molar-refractivity contribution in [1.29, 1.82) is 0 Å². The predicted molar refractivity (Wildman–Crippen MR) is 76.3 cm³/mol. The summed E-state index contributed by atoms with van der Waals surface area (Å²) in [6, 6.07) is 7.39. The Hall–Kier alpha value is -2.48. The van der Waals surface area contributed by atoms with Gasteiger partial charge in [0.1, 0.15) is 16.8 Å². The largest absolute Gasteiger partial charge is 0.486 e. The number of hydrogen-bond donors (Lipinski definition) is 1. The van der Waals surface area contributed by atoms with Gasteiger partial charge in [0, 0.05) is 12.3 Å². The lowest BCUT2D eigenvalue weighted by Crippen LogP contribution is -2.02. The van der Waals surface area contributed by atoms with E-state index < -0.39 is 10.9 Å². The molecule has 1 heterocycles. The van der Waals surface area contributed by atoms with Crippen LogP contribution in [0.3, 0.4) is 0 Å². The van der Waals surface area contributed by atoms with Crippen LogP contribution in [-0.2, 0) is 6.61 Å². The minimum Gasteiger partial charge on any atom is -0.486 e. The molecule has 0 bridgehead atoms. The summed E-state index contributed by atoms with van der Waals surface area (Å²) in [5.41, 5.74) is 0.496. The second-order valence-electron chi connectivity index (χ2n) is 3.98. The average Bonchev–Trinajstić information content (AvgIpc) is 2.46. The highest BCUT2D eigenvalue weighted by atomic mass is 79.9. The van der Waals surface area contributed by atoms with Crippen molar-refractivity contribution in [3.8, 4) is 5.75 Å². The molecule has 0 unspecified atom stereocenters. The Morgan fingerprint density at radius 2 is 2.14 bits per heavy atom. The first kappa shape index (κ1) is 14.9. The Bertz CT molecular complexity index is 687. The summed E-state index contributed by atoms with van der Waals surface area (Å²) in [4.78, 5) is 24.9. The molecule has 0 saturated heterocycles. The van der Waals surface area contributed by atoms with Crippen LogP contribution in [0.25, 0.3) is 0 Å². The second kappa shape index (κ2) is 6.31. The smallest absolute Gasteiger partial charge is 0.337 e. The molecule has 0 saturated carbocycles. The van der Waals surface area contributed by atoms with Gasteiger partial charge in [-0.05, 0) is 34.1 Å². The van der Waals surface area contributed by atoms with Gasteiger partial charge in [0.15, 0.2) is 0 Å². The molecular weight excluding hydrogens is 344 g/mol. The van der Waals surface area contributed by atoms with E-state index in [9.17, 15) is 14.9 Å². The van der Waals surface area contributed by atoms with Crippen molar-refractivity contribution in [3.63, 3.8) is 0 Å². The number of ether oxygens (including phenoxy) is 1. The number of pyridine rings is 1. The van der Waals surface area contributed by atoms with Gasteiger partial charge in [-0.1, -0.05) is 6.07 Å². The number of hydrogen-bond acceptors (Lipinski definition) is 5. The maximum Gasteiger partial charge on any atom is 0.337 e. The monoisotopic (exact) mass is 352 g/mol. The van der Waals surface area contributed by atoms with Crippen LogP contribution in [0.1, 0.15) is 16.1 Å². The summed E-state index contributed by atoms with van der Waals surface area (Å²) < 4.78 is 5.70. The minimum atomic E-state index is -1.06. The van der Waals surface area contributed by atoms with Gasteiger partial charge in [0.2, 0.25) is 0 Å². The maximum absolute atomic E-state index is 10.8. The molecule has 7 nitrogen and oxygen atoms in total. The van der Waals surface area contributed by atoms with Crippen LogP contribution in [-0.4, -0.2) is 21.0 Å². The van der Waals surface area contributed by atoms with Gasteiger partial charge >= 0.3 is 5.97 Å². The lowest BCUT2D eigenvalue weighted by atomic mass is 10.2. The molecule has 0 atom stereocenters. The van der Waals surface area contributed by atoms with E-state index in [4.69, 9.17) is 9.84 Å². The molecule has 2 rings (SSSR count). The topological polar surface area (TPSA) is 103 Å². The second-order valence-corrected chi connectivity index (χ2v) is 4.77. The van der Waals surface area contributed by atoms with Crippen molar-refractivity contribution in [3.05, 3.63) is 62.4 Å². The number of carboxylic acids is 1. The SMILES string of the molecule is O=C(O)c1ccc(COc2cccc([N+](=O)[O-])c2Br)nc1. The van der Waals surface area contributed by atoms with E-state index in [-0.39, 0.29) is 22.3 Å². The molecule has 0 aliphatic heterocycles. The van der Waals surface area contributed by atoms with Crippen LogP contribution in [0.5, 0.6) is 5.75 Å². The third-order valence-electron chi connectivity index (χ3n) is 2.59. The van der Waals surface area contributed by atoms with Crippen molar-refractivity contribution in [1.82, 2.24) is 4.98 Å². The average molecular weight is 353 g/mol. The van der Waals surface area contributed by atoms with E-state index >= 15 is 0 Å². The predicted octanol–water partition coefficient (Wildman–Crippen LogP) is 3.03. The van der Waals surface area contributed by atoms with E-state index in [2.05, 4.69) is 20.9 Å². The molecule has 1 N–H and O–H groups in total. The molecule has 1 aromatic carbocycles. The highest BCUT2D eigenvalue weighted by molar-refractivity contribution is 9.10. The van der Waals surface area contributed by atoms with Crippen molar-refractivity contribution >= 4 is 27.6 Å². The maximum atomic E-state index is 10.8. The molecule has 1 aromatic heterocycles. The normalized spacial score (nSPS) is 10.1. The summed E-state index contributed by atoms with van der Waals surface area (Å²) in [6.07, 6.45) is 1.23. The zero-order valence-corrected chi connectivity index (χ0v) is 12.1. The van der Waals surface area contributed by atoms with E-state index in [1.165, 1.54) is 30.5 Å². The van der Waals surface area contributed by atoms with Crippen LogP contribution in [0.4, 0.5) is 5.69 Å². The molecule has 2 aromatic rings. The Morgan fingerprint density at radius 3 is 2.71 bits per heavy atom. The third-order valence-corrected chi connectivity index (χ3v) is 3.38. The van der Waals surface area contributed by atoms with Crippen LogP contribution >= 0.6 is 15.9 Å². The molecule has 0 aliphatic rings. The number of nitro benzene ring substituents is 1. The number of benzene rings is 1. The zero-order chi connectivity index (χ0) is 15.4. The number of carbonyl (C=O) groups is 1. The van der Waals surface area contributed by atoms with E-state index in [1.807, 2.05) is 0 Å². The first-order valence-corrected chi connectivity index (χ1v) is 6.52. The van der Waals surface area contributed by atoms with E-state index in [0.29, 0.717) is 11.4 Å². The Labute approximate surface area is 127 Å². The van der Waals surface area contributed by atoms with Gasteiger partial charge < -0.3 is 9.84 Å². The molecule has 0 fully saturated rings. The van der Waals surface area contributed by atoms with Crippen molar-refractivity contribution in [2.75, 3.05) is 0 Å². The fraction of sp³-hybridized carbons (Fsp3) is 0.0769. The third kappa shape index (κ3) is 3.54. The Balaban J connectivity index is 2.11. The lowest BCUT2D eigenvalue weighted by Gasteiger charge is -2.08. The summed E-state index contributed by atoms with van der Waals surface area (Å²) in [5, 5.41) is 19.6. The fourth-order valence-electron chi connectivity index (χ4n) is 1.54. The van der Waals surface area contributed by atoms with Crippen molar-refractivity contribution in [2.24, 2.45) is 0 Å². The van der Waals surface area contributed by atoms with Gasteiger partial charge in [-0.15, -0.1) is 0 Å². The fourth-order valence-corrected chi connectivity index (χ4v) is 2.06. The standard InChI is InChI=1S/C13H9BrN2O5/c14-12-10(16(19)20)2-1-3-11(12)21-7-9-5-4-8(6-15-9)13(17)18/h1-6H,7H2,(H,17,18). The molecule has 21 heavy (non-hydrogen) atoms. The number of nitro groups is 1. The van der Waals surface area contributed by atoms with Crippen LogP contribution in [0, 0.1) is 10.1 Å². The van der Waals surface area contributed by atoms with Gasteiger partial charge in [0.25, 0.3) is 5.69 Å². The Kier molecular flexibility index (Phi) is 4.49. The quantitative estimate of drug-likeness (QED) is 0.655. The summed E-state index contributed by atoms with van der Waals surface area (Å²) in [6.45, 7) is 0.0691. The molecule has 0 aliphatic carbocycles. The van der Waals surface area contributed by atoms with Crippen molar-refractivity contribution < 1.29 is 19.6 Å². The highest BCUT2D eigenvalue weighted by Crippen LogP contribution is 2.34. The molecule has 0 amide bonds. The van der Waals surface area contributed by atoms with Gasteiger partial charge in [-0.25, -0.2) is 4.79 Å². The van der Waals surface area contributed by atoms with Gasteiger partial charge in [-0.3, -0.25) is 15.1 Å². The van der Waals surface area contributed by atoms with E-state index in [1.54, 1.807) is 6.07 Å². The molecule has 108 valence electrons. The summed E-state index contributed by atoms with van der Waals surface area (Å²) in [5.74, 6) is -0.746. The summed E-state index contributed by atoms with van der Waals surface area (Å²) >= 11 is 3.12. The molecule has 0 spiro atoms. The first-order chi connectivity index (χ1) is 9.99. The van der Waals surface area contributed by atoms with E-state index in [0.717, 1.165) is 0 Å². The first-order valence-electron chi connectivity index (χ1n) is 5.73. The number of halogens is 1. The molecule has 0 radical (unpaired) electrons. The van der Waals surface area contributed by atoms with Crippen LogP contribution < -0.4 is 4.74 Å². The zero-order valence-electron chi connectivity index (χ0n) is 10.5. The highest BCUT2D eigenvalue weighted by Gasteiger charge is 2.16. The molecule has 8 heteroatoms. The van der Waals surface area contributed by atoms with Crippen molar-refractivity contribution in [2.45, 2.75) is 6.61 Å². The summed E-state index contributed by atoms with van der Waals surface area (Å²) in [7, 11) is 0. The Morgan fingerprint density at radius 1 is 1.38 bits per heavy atom. The molecular formula is C13H9BrN2O5. The lowest BCUT2D eigenvalue weighted by molar-refractivity contribution is -0.385. The number of aromatic nitrogens is 1. The minimum absolute atomic E-state index is 0.0691. The number of rotatable bonds is 5. The number of carboxylic acid groups (broad SMARTS) is 1. The van der Waals surface area contributed by atoms with Gasteiger partial charge in [-0.2, -0.15) is 0 Å². The van der Waals surface area contributed by atoms with Crippen LogP contribution in [0.2, 0.25) is 0 Å².